The fraction of sp³-hybridized carbons (Fsp3) is 0.533. The molecule has 2 aromatic heterocycles. The van der Waals surface area contributed by atoms with E-state index in [9.17, 15) is 5.11 Å². The molecule has 2 heterocycles. The Morgan fingerprint density at radius 3 is 3.21 bits per heavy atom. The third kappa shape index (κ3) is 2.96. The number of pyridine rings is 1. The van der Waals surface area contributed by atoms with Gasteiger partial charge in [0.05, 0.1) is 16.3 Å². The van der Waals surface area contributed by atoms with Gasteiger partial charge >= 0.3 is 0 Å². The van der Waals surface area contributed by atoms with Gasteiger partial charge in [-0.3, -0.25) is 4.98 Å². The second kappa shape index (κ2) is 5.57. The topological polar surface area (TPSA) is 45.1 Å². The van der Waals surface area contributed by atoms with Gasteiger partial charge < -0.3 is 10.4 Å². The molecule has 3 rings (SSSR count). The predicted octanol–water partition coefficient (Wildman–Crippen LogP) is 3.25. The molecule has 2 N–H and O–H groups in total. The van der Waals surface area contributed by atoms with Crippen molar-refractivity contribution in [3.63, 3.8) is 0 Å². The van der Waals surface area contributed by atoms with Gasteiger partial charge in [-0.05, 0) is 55.7 Å². The van der Waals surface area contributed by atoms with Crippen molar-refractivity contribution in [2.75, 3.05) is 0 Å². The average Bonchev–Trinajstić information content (AvgIpc) is 2.85. The summed E-state index contributed by atoms with van der Waals surface area (Å²) in [7, 11) is 0. The number of fused-ring (bicyclic) bond motifs is 1. The second-order valence-electron chi connectivity index (χ2n) is 5.48. The molecule has 102 valence electrons. The predicted molar refractivity (Wildman–Crippen MR) is 79.4 cm³/mol. The van der Waals surface area contributed by atoms with E-state index in [1.54, 1.807) is 11.3 Å². The van der Waals surface area contributed by atoms with Gasteiger partial charge in [0.1, 0.15) is 0 Å². The smallest absolute Gasteiger partial charge is 0.0809 e. The Labute approximate surface area is 117 Å². The van der Waals surface area contributed by atoms with Gasteiger partial charge in [0.25, 0.3) is 0 Å². The molecule has 1 saturated carbocycles. The van der Waals surface area contributed by atoms with Crippen molar-refractivity contribution in [1.82, 2.24) is 10.3 Å². The molecule has 4 heteroatoms. The minimum absolute atomic E-state index is 0.128. The molecule has 3 atom stereocenters. The number of thiophene rings is 1. The van der Waals surface area contributed by atoms with Crippen molar-refractivity contribution in [1.29, 1.82) is 0 Å². The highest BCUT2D eigenvalue weighted by atomic mass is 32.1. The van der Waals surface area contributed by atoms with E-state index in [4.69, 9.17) is 0 Å². The van der Waals surface area contributed by atoms with Crippen molar-refractivity contribution < 1.29 is 5.11 Å². The summed E-state index contributed by atoms with van der Waals surface area (Å²) in [6.45, 7) is 2.18. The Morgan fingerprint density at radius 1 is 1.47 bits per heavy atom. The van der Waals surface area contributed by atoms with Gasteiger partial charge in [0, 0.05) is 18.3 Å². The molecule has 3 unspecified atom stereocenters. The maximum atomic E-state index is 9.73. The summed E-state index contributed by atoms with van der Waals surface area (Å²) < 4.78 is 1.25. The molecule has 0 radical (unpaired) electrons. The molecule has 2 aromatic rings. The van der Waals surface area contributed by atoms with Gasteiger partial charge in [0.15, 0.2) is 0 Å². The van der Waals surface area contributed by atoms with E-state index in [0.717, 1.165) is 31.2 Å². The van der Waals surface area contributed by atoms with E-state index >= 15 is 0 Å². The van der Waals surface area contributed by atoms with E-state index in [-0.39, 0.29) is 12.1 Å². The molecule has 1 aliphatic carbocycles. The summed E-state index contributed by atoms with van der Waals surface area (Å²) in [5.74, 6) is 0. The van der Waals surface area contributed by atoms with Gasteiger partial charge in [-0.25, -0.2) is 0 Å². The number of aliphatic hydroxyl groups is 1. The van der Waals surface area contributed by atoms with Crippen molar-refractivity contribution in [2.45, 2.75) is 50.8 Å². The van der Waals surface area contributed by atoms with Crippen LogP contribution in [-0.4, -0.2) is 22.2 Å². The van der Waals surface area contributed by atoms with Crippen LogP contribution in [0.25, 0.3) is 10.2 Å². The van der Waals surface area contributed by atoms with Crippen molar-refractivity contribution in [2.24, 2.45) is 0 Å². The van der Waals surface area contributed by atoms with Crippen LogP contribution in [0.5, 0.6) is 0 Å². The van der Waals surface area contributed by atoms with E-state index in [1.807, 2.05) is 6.20 Å². The first kappa shape index (κ1) is 13.0. The van der Waals surface area contributed by atoms with E-state index in [1.165, 1.54) is 10.3 Å². The maximum absolute atomic E-state index is 9.73. The summed E-state index contributed by atoms with van der Waals surface area (Å²) in [5.41, 5.74) is 2.31. The lowest BCUT2D eigenvalue weighted by molar-refractivity contribution is 0.109. The molecule has 0 bridgehead atoms. The number of nitrogens with zero attached hydrogens (tertiary/aromatic N) is 1. The number of rotatable bonds is 3. The van der Waals surface area contributed by atoms with Crippen molar-refractivity contribution in [3.8, 4) is 0 Å². The second-order valence-corrected chi connectivity index (χ2v) is 6.43. The average molecular weight is 276 g/mol. The molecule has 0 aromatic carbocycles. The zero-order chi connectivity index (χ0) is 13.2. The molecule has 0 saturated heterocycles. The molecular weight excluding hydrogens is 256 g/mol. The Balaban J connectivity index is 1.70. The zero-order valence-corrected chi connectivity index (χ0v) is 12.0. The first-order valence-electron chi connectivity index (χ1n) is 6.99. The highest BCUT2D eigenvalue weighted by Crippen LogP contribution is 2.25. The summed E-state index contributed by atoms with van der Waals surface area (Å²) in [5, 5.41) is 15.4. The third-order valence-electron chi connectivity index (χ3n) is 3.96. The number of hydrogen-bond acceptors (Lipinski definition) is 4. The van der Waals surface area contributed by atoms with Gasteiger partial charge in [-0.1, -0.05) is 0 Å². The minimum atomic E-state index is -0.128. The van der Waals surface area contributed by atoms with E-state index in [0.29, 0.717) is 6.04 Å². The quantitative estimate of drug-likeness (QED) is 0.904. The molecule has 1 fully saturated rings. The first-order valence-corrected chi connectivity index (χ1v) is 7.87. The lowest BCUT2D eigenvalue weighted by Crippen LogP contribution is -2.37. The molecule has 19 heavy (non-hydrogen) atoms. The normalized spacial score (nSPS) is 25.6. The monoisotopic (exact) mass is 276 g/mol. The van der Waals surface area contributed by atoms with Crippen molar-refractivity contribution >= 4 is 21.6 Å². The Hall–Kier alpha value is -0.970. The highest BCUT2D eigenvalue weighted by Gasteiger charge is 2.21. The van der Waals surface area contributed by atoms with Crippen LogP contribution in [0.2, 0.25) is 0 Å². The Kier molecular flexibility index (Phi) is 3.82. The fourth-order valence-electron chi connectivity index (χ4n) is 2.86. The molecule has 1 aliphatic rings. The van der Waals surface area contributed by atoms with Crippen LogP contribution in [0.1, 0.15) is 44.2 Å². The van der Waals surface area contributed by atoms with Crippen LogP contribution in [0, 0.1) is 0 Å². The van der Waals surface area contributed by atoms with Gasteiger partial charge in [-0.2, -0.15) is 0 Å². The number of aliphatic hydroxyl groups excluding tert-OH is 1. The van der Waals surface area contributed by atoms with Crippen LogP contribution < -0.4 is 5.32 Å². The maximum Gasteiger partial charge on any atom is 0.0809 e. The highest BCUT2D eigenvalue weighted by molar-refractivity contribution is 7.17. The molecule has 0 aliphatic heterocycles. The first-order chi connectivity index (χ1) is 9.22. The Bertz CT molecular complexity index is 554. The molecular formula is C15H20N2OS. The third-order valence-corrected chi connectivity index (χ3v) is 4.81. The zero-order valence-electron chi connectivity index (χ0n) is 11.2. The fourth-order valence-corrected chi connectivity index (χ4v) is 3.65. The Morgan fingerprint density at radius 2 is 2.37 bits per heavy atom. The lowest BCUT2D eigenvalue weighted by Gasteiger charge is -2.29. The lowest BCUT2D eigenvalue weighted by atomic mass is 9.92. The SMILES string of the molecule is CC(NC1CCCC(O)C1)c1cnc2ccsc2c1. The van der Waals surface area contributed by atoms with Crippen LogP contribution in [-0.2, 0) is 0 Å². The largest absolute Gasteiger partial charge is 0.393 e. The van der Waals surface area contributed by atoms with Crippen LogP contribution in [0.4, 0.5) is 0 Å². The van der Waals surface area contributed by atoms with Crippen LogP contribution in [0.3, 0.4) is 0 Å². The van der Waals surface area contributed by atoms with E-state index in [2.05, 4.69) is 34.7 Å². The van der Waals surface area contributed by atoms with Gasteiger partial charge in [-0.15, -0.1) is 11.3 Å². The minimum Gasteiger partial charge on any atom is -0.393 e. The molecule has 3 nitrogen and oxygen atoms in total. The number of nitrogens with one attached hydrogen (secondary N) is 1. The van der Waals surface area contributed by atoms with Crippen LogP contribution >= 0.6 is 11.3 Å². The molecule has 0 spiro atoms. The van der Waals surface area contributed by atoms with Crippen molar-refractivity contribution in [3.05, 3.63) is 29.3 Å². The van der Waals surface area contributed by atoms with E-state index < -0.39 is 0 Å². The van der Waals surface area contributed by atoms with Crippen LogP contribution in [0.15, 0.2) is 23.7 Å². The number of hydrogen-bond donors (Lipinski definition) is 2. The summed E-state index contributed by atoms with van der Waals surface area (Å²) in [4.78, 5) is 4.49. The number of aromatic nitrogens is 1. The standard InChI is InChI=1S/C15H20N2OS/c1-10(17-12-3-2-4-13(18)8-12)11-7-15-14(16-9-11)5-6-19-15/h5-7,9-10,12-13,17-18H,2-4,8H2,1H3. The summed E-state index contributed by atoms with van der Waals surface area (Å²) >= 11 is 1.74. The molecule has 0 amide bonds. The van der Waals surface area contributed by atoms with Gasteiger partial charge in [0.2, 0.25) is 0 Å². The summed E-state index contributed by atoms with van der Waals surface area (Å²) in [6.07, 6.45) is 5.95. The summed E-state index contributed by atoms with van der Waals surface area (Å²) in [6, 6.07) is 5.00.